The third-order valence-corrected chi connectivity index (χ3v) is 3.91. The Balaban J connectivity index is 2.01. The molecule has 118 valence electrons. The summed E-state index contributed by atoms with van der Waals surface area (Å²) in [6.45, 7) is 3.87. The van der Waals surface area contributed by atoms with Gasteiger partial charge in [0.05, 0.1) is 11.3 Å². The van der Waals surface area contributed by atoms with Crippen LogP contribution in [0.1, 0.15) is 31.0 Å². The van der Waals surface area contributed by atoms with Crippen molar-refractivity contribution in [3.8, 4) is 6.07 Å². The van der Waals surface area contributed by atoms with Gasteiger partial charge in [-0.15, -0.1) is 0 Å². The SMILES string of the molecule is C[C@H]([NH2+][C@@H](C)c1cccc(Cl)c1)C(=O)Nc1ccccc1C#N. The Kier molecular flexibility index (Phi) is 5.75. The van der Waals surface area contributed by atoms with E-state index in [1.807, 2.05) is 43.4 Å². The molecule has 0 aliphatic rings. The monoisotopic (exact) mass is 328 g/mol. The highest BCUT2D eigenvalue weighted by molar-refractivity contribution is 6.30. The Morgan fingerprint density at radius 1 is 1.22 bits per heavy atom. The van der Waals surface area contributed by atoms with Crippen molar-refractivity contribution in [2.45, 2.75) is 25.9 Å². The number of benzene rings is 2. The molecule has 4 nitrogen and oxygen atoms in total. The van der Waals surface area contributed by atoms with Crippen LogP contribution in [0.4, 0.5) is 5.69 Å². The van der Waals surface area contributed by atoms with E-state index >= 15 is 0 Å². The summed E-state index contributed by atoms with van der Waals surface area (Å²) in [5, 5.41) is 14.5. The second kappa shape index (κ2) is 7.77. The van der Waals surface area contributed by atoms with E-state index in [0.717, 1.165) is 5.56 Å². The van der Waals surface area contributed by atoms with Gasteiger partial charge in [0.15, 0.2) is 6.04 Å². The highest BCUT2D eigenvalue weighted by Crippen LogP contribution is 2.16. The normalized spacial score (nSPS) is 13.0. The maximum Gasteiger partial charge on any atom is 0.282 e. The van der Waals surface area contributed by atoms with Crippen LogP contribution in [-0.2, 0) is 4.79 Å². The Bertz CT molecular complexity index is 739. The third kappa shape index (κ3) is 4.56. The van der Waals surface area contributed by atoms with E-state index in [0.29, 0.717) is 16.3 Å². The van der Waals surface area contributed by atoms with Gasteiger partial charge in [-0.25, -0.2) is 0 Å². The summed E-state index contributed by atoms with van der Waals surface area (Å²) in [5.41, 5.74) is 2.06. The van der Waals surface area contributed by atoms with Gasteiger partial charge in [-0.1, -0.05) is 35.9 Å². The Morgan fingerprint density at radius 3 is 2.65 bits per heavy atom. The van der Waals surface area contributed by atoms with Crippen LogP contribution in [-0.4, -0.2) is 11.9 Å². The van der Waals surface area contributed by atoms with Crippen molar-refractivity contribution in [3.05, 3.63) is 64.7 Å². The van der Waals surface area contributed by atoms with E-state index in [9.17, 15) is 4.79 Å². The first-order valence-corrected chi connectivity index (χ1v) is 7.79. The number of halogens is 1. The van der Waals surface area contributed by atoms with Gasteiger partial charge in [0.1, 0.15) is 12.1 Å². The second-order valence-corrected chi connectivity index (χ2v) is 5.91. The number of anilines is 1. The van der Waals surface area contributed by atoms with E-state index in [4.69, 9.17) is 16.9 Å². The van der Waals surface area contributed by atoms with Crippen LogP contribution in [0.3, 0.4) is 0 Å². The number of nitriles is 1. The molecule has 2 aromatic carbocycles. The van der Waals surface area contributed by atoms with E-state index in [1.54, 1.807) is 24.3 Å². The standard InChI is InChI=1S/C18H18ClN3O/c1-12(14-7-5-8-16(19)10-14)21-13(2)18(23)22-17-9-4-3-6-15(17)11-20/h3-10,12-13,21H,1-2H3,(H,22,23)/p+1/t12-,13-/m0/s1. The van der Waals surface area contributed by atoms with Crippen LogP contribution in [0, 0.1) is 11.3 Å². The molecule has 0 saturated carbocycles. The number of nitrogens with one attached hydrogen (secondary N) is 1. The van der Waals surface area contributed by atoms with Crippen LogP contribution in [0.2, 0.25) is 5.02 Å². The quantitative estimate of drug-likeness (QED) is 0.886. The number of hydrogen-bond donors (Lipinski definition) is 2. The molecule has 0 aromatic heterocycles. The third-order valence-electron chi connectivity index (χ3n) is 3.67. The number of quaternary nitrogens is 1. The zero-order chi connectivity index (χ0) is 16.8. The number of nitrogens with two attached hydrogens (primary N) is 1. The van der Waals surface area contributed by atoms with Crippen molar-refractivity contribution in [2.24, 2.45) is 0 Å². The zero-order valence-electron chi connectivity index (χ0n) is 13.1. The summed E-state index contributed by atoms with van der Waals surface area (Å²) in [6.07, 6.45) is 0. The number of carbonyl (C=O) groups is 1. The first kappa shape index (κ1) is 17.0. The summed E-state index contributed by atoms with van der Waals surface area (Å²) >= 11 is 6.00. The van der Waals surface area contributed by atoms with Gasteiger partial charge in [-0.3, -0.25) is 4.79 Å². The van der Waals surface area contributed by atoms with Crippen LogP contribution < -0.4 is 10.6 Å². The smallest absolute Gasteiger partial charge is 0.282 e. The number of rotatable bonds is 5. The summed E-state index contributed by atoms with van der Waals surface area (Å²) in [4.78, 5) is 12.3. The summed E-state index contributed by atoms with van der Waals surface area (Å²) in [5.74, 6) is -0.137. The van der Waals surface area contributed by atoms with Crippen LogP contribution in [0.15, 0.2) is 48.5 Å². The first-order chi connectivity index (χ1) is 11.0. The van der Waals surface area contributed by atoms with Crippen molar-refractivity contribution in [3.63, 3.8) is 0 Å². The van der Waals surface area contributed by atoms with Gasteiger partial charge >= 0.3 is 0 Å². The molecule has 2 aromatic rings. The Hall–Kier alpha value is -2.35. The van der Waals surface area contributed by atoms with Crippen molar-refractivity contribution < 1.29 is 10.1 Å². The highest BCUT2D eigenvalue weighted by atomic mass is 35.5. The number of hydrogen-bond acceptors (Lipinski definition) is 2. The fraction of sp³-hybridized carbons (Fsp3) is 0.222. The molecule has 0 heterocycles. The lowest BCUT2D eigenvalue weighted by atomic mass is 10.1. The Morgan fingerprint density at radius 2 is 1.96 bits per heavy atom. The first-order valence-electron chi connectivity index (χ1n) is 7.41. The van der Waals surface area contributed by atoms with Gasteiger partial charge in [0.2, 0.25) is 0 Å². The van der Waals surface area contributed by atoms with E-state index < -0.39 is 0 Å². The fourth-order valence-electron chi connectivity index (χ4n) is 2.36. The molecular weight excluding hydrogens is 310 g/mol. The molecule has 0 fully saturated rings. The molecule has 5 heteroatoms. The van der Waals surface area contributed by atoms with E-state index in [1.165, 1.54) is 0 Å². The maximum atomic E-state index is 12.3. The molecule has 3 N–H and O–H groups in total. The minimum absolute atomic E-state index is 0.0978. The van der Waals surface area contributed by atoms with Crippen molar-refractivity contribution in [1.82, 2.24) is 0 Å². The van der Waals surface area contributed by atoms with Gasteiger partial charge in [-0.05, 0) is 38.1 Å². The maximum absolute atomic E-state index is 12.3. The van der Waals surface area contributed by atoms with Gasteiger partial charge in [0, 0.05) is 10.6 Å². The second-order valence-electron chi connectivity index (χ2n) is 5.47. The zero-order valence-corrected chi connectivity index (χ0v) is 13.8. The lowest BCUT2D eigenvalue weighted by Crippen LogP contribution is -2.91. The predicted molar refractivity (Wildman–Crippen MR) is 91.0 cm³/mol. The topological polar surface area (TPSA) is 69.5 Å². The van der Waals surface area contributed by atoms with Gasteiger partial charge < -0.3 is 10.6 Å². The number of para-hydroxylation sites is 1. The van der Waals surface area contributed by atoms with Gasteiger partial charge in [0.25, 0.3) is 5.91 Å². The molecule has 0 aliphatic heterocycles. The van der Waals surface area contributed by atoms with Crippen molar-refractivity contribution in [2.75, 3.05) is 5.32 Å². The molecule has 0 saturated heterocycles. The molecule has 2 rings (SSSR count). The average Bonchev–Trinajstić information content (AvgIpc) is 2.55. The molecule has 0 unspecified atom stereocenters. The van der Waals surface area contributed by atoms with Crippen molar-refractivity contribution >= 4 is 23.2 Å². The lowest BCUT2D eigenvalue weighted by Gasteiger charge is -2.17. The van der Waals surface area contributed by atoms with Crippen molar-refractivity contribution in [1.29, 1.82) is 5.26 Å². The van der Waals surface area contributed by atoms with Crippen LogP contribution in [0.5, 0.6) is 0 Å². The average molecular weight is 329 g/mol. The minimum Gasteiger partial charge on any atom is -0.330 e. The number of carbonyl (C=O) groups excluding carboxylic acids is 1. The van der Waals surface area contributed by atoms with Crippen LogP contribution in [0.25, 0.3) is 0 Å². The molecule has 2 atom stereocenters. The summed E-state index contributed by atoms with van der Waals surface area (Å²) in [7, 11) is 0. The minimum atomic E-state index is -0.296. The largest absolute Gasteiger partial charge is 0.330 e. The fourth-order valence-corrected chi connectivity index (χ4v) is 2.56. The molecule has 23 heavy (non-hydrogen) atoms. The van der Waals surface area contributed by atoms with Gasteiger partial charge in [-0.2, -0.15) is 5.26 Å². The summed E-state index contributed by atoms with van der Waals surface area (Å²) < 4.78 is 0. The predicted octanol–water partition coefficient (Wildman–Crippen LogP) is 2.86. The number of amides is 1. The lowest BCUT2D eigenvalue weighted by molar-refractivity contribution is -0.709. The Labute approximate surface area is 141 Å². The molecule has 0 radical (unpaired) electrons. The van der Waals surface area contributed by atoms with E-state index in [-0.39, 0.29) is 18.0 Å². The highest BCUT2D eigenvalue weighted by Gasteiger charge is 2.21. The molecule has 0 spiro atoms. The number of nitrogens with zero attached hydrogens (tertiary/aromatic N) is 1. The summed E-state index contributed by atoms with van der Waals surface area (Å²) in [6, 6.07) is 16.5. The van der Waals surface area contributed by atoms with Crippen LogP contribution >= 0.6 is 11.6 Å². The molecular formula is C18H19ClN3O+. The molecule has 1 amide bonds. The van der Waals surface area contributed by atoms with E-state index in [2.05, 4.69) is 11.4 Å². The molecule has 0 bridgehead atoms. The molecule has 0 aliphatic carbocycles.